The molecule has 17 heavy (non-hydrogen) atoms. The first-order valence-corrected chi connectivity index (χ1v) is 7.55. The molecule has 0 rings (SSSR count). The van der Waals surface area contributed by atoms with E-state index in [4.69, 9.17) is 10.9 Å². The van der Waals surface area contributed by atoms with Crippen LogP contribution >= 0.6 is 0 Å². The van der Waals surface area contributed by atoms with E-state index in [9.17, 15) is 8.42 Å². The Morgan fingerprint density at radius 3 is 2.47 bits per heavy atom. The average molecular weight is 265 g/mol. The Balaban J connectivity index is 4.20. The van der Waals surface area contributed by atoms with Crippen molar-refractivity contribution in [2.75, 3.05) is 24.6 Å². The van der Waals surface area contributed by atoms with Crippen molar-refractivity contribution in [3.8, 4) is 0 Å². The molecule has 0 heterocycles. The molecule has 0 aliphatic carbocycles. The number of nitrogens with two attached hydrogens (primary N) is 1. The molecule has 0 aliphatic heterocycles. The summed E-state index contributed by atoms with van der Waals surface area (Å²) in [6.07, 6.45) is 0.563. The van der Waals surface area contributed by atoms with Gasteiger partial charge >= 0.3 is 0 Å². The first-order valence-electron chi connectivity index (χ1n) is 5.73. The topological polar surface area (TPSA) is 96.0 Å². The number of oxime groups is 1. The van der Waals surface area contributed by atoms with Crippen LogP contribution in [-0.4, -0.2) is 55.0 Å². The van der Waals surface area contributed by atoms with Crippen molar-refractivity contribution in [3.63, 3.8) is 0 Å². The molecule has 7 heteroatoms. The summed E-state index contributed by atoms with van der Waals surface area (Å²) in [6, 6.07) is 0.222. The molecule has 3 N–H and O–H groups in total. The van der Waals surface area contributed by atoms with Gasteiger partial charge in [-0.15, -0.1) is 0 Å². The number of nitrogens with zero attached hydrogens (tertiary/aromatic N) is 2. The maximum atomic E-state index is 11.3. The third kappa shape index (κ3) is 7.17. The molecule has 0 amide bonds. The van der Waals surface area contributed by atoms with Crippen LogP contribution in [0.3, 0.4) is 0 Å². The summed E-state index contributed by atoms with van der Waals surface area (Å²) in [7, 11) is -2.91. The van der Waals surface area contributed by atoms with Crippen molar-refractivity contribution >= 4 is 15.7 Å². The number of sulfone groups is 1. The molecule has 102 valence electrons. The third-order valence-corrected chi connectivity index (χ3v) is 4.35. The van der Waals surface area contributed by atoms with E-state index in [1.165, 1.54) is 0 Å². The van der Waals surface area contributed by atoms with Crippen LogP contribution in [0.1, 0.15) is 27.2 Å². The lowest BCUT2D eigenvalue weighted by atomic mass is 10.3. The van der Waals surface area contributed by atoms with Gasteiger partial charge in [0.1, 0.15) is 9.84 Å². The van der Waals surface area contributed by atoms with Gasteiger partial charge in [-0.25, -0.2) is 8.42 Å². The Morgan fingerprint density at radius 1 is 1.47 bits per heavy atom. The van der Waals surface area contributed by atoms with Gasteiger partial charge in [-0.1, -0.05) is 12.1 Å². The first-order chi connectivity index (χ1) is 7.82. The van der Waals surface area contributed by atoms with Crippen LogP contribution in [0.4, 0.5) is 0 Å². The lowest BCUT2D eigenvalue weighted by molar-refractivity contribution is 0.247. The fourth-order valence-corrected chi connectivity index (χ4v) is 2.25. The smallest absolute Gasteiger partial charge is 0.153 e. The fraction of sp³-hybridized carbons (Fsp3) is 0.900. The van der Waals surface area contributed by atoms with Crippen molar-refractivity contribution in [1.29, 1.82) is 0 Å². The zero-order chi connectivity index (χ0) is 13.5. The second kappa shape index (κ2) is 7.50. The quantitative estimate of drug-likeness (QED) is 0.284. The molecule has 0 aromatic heterocycles. The van der Waals surface area contributed by atoms with Crippen molar-refractivity contribution in [3.05, 3.63) is 0 Å². The van der Waals surface area contributed by atoms with Crippen LogP contribution < -0.4 is 5.73 Å². The van der Waals surface area contributed by atoms with E-state index in [0.717, 1.165) is 0 Å². The van der Waals surface area contributed by atoms with Gasteiger partial charge in [-0.2, -0.15) is 0 Å². The molecule has 0 aliphatic rings. The van der Waals surface area contributed by atoms with Crippen LogP contribution in [-0.2, 0) is 9.84 Å². The molecule has 0 saturated heterocycles. The molecular formula is C10H23N3O3S. The summed E-state index contributed by atoms with van der Waals surface area (Å²) in [5.41, 5.74) is 5.44. The van der Waals surface area contributed by atoms with E-state index in [2.05, 4.69) is 5.16 Å². The number of hydrogen-bond acceptors (Lipinski definition) is 5. The molecule has 0 unspecified atom stereocenters. The molecular weight excluding hydrogens is 242 g/mol. The number of hydrogen-bond donors (Lipinski definition) is 2. The lowest BCUT2D eigenvalue weighted by Gasteiger charge is -2.25. The largest absolute Gasteiger partial charge is 0.409 e. The maximum Gasteiger partial charge on any atom is 0.153 e. The van der Waals surface area contributed by atoms with Crippen molar-refractivity contribution in [2.45, 2.75) is 33.2 Å². The van der Waals surface area contributed by atoms with E-state index in [1.54, 1.807) is 6.92 Å². The fourth-order valence-electron chi connectivity index (χ4n) is 1.39. The summed E-state index contributed by atoms with van der Waals surface area (Å²) < 4.78 is 22.6. The maximum absolute atomic E-state index is 11.3. The van der Waals surface area contributed by atoms with Crippen molar-refractivity contribution in [2.24, 2.45) is 10.9 Å². The molecule has 0 spiro atoms. The zero-order valence-corrected chi connectivity index (χ0v) is 11.6. The normalized spacial score (nSPS) is 13.6. The number of amidine groups is 1. The minimum Gasteiger partial charge on any atom is -0.409 e. The van der Waals surface area contributed by atoms with E-state index in [-0.39, 0.29) is 23.4 Å². The minimum atomic E-state index is -2.91. The molecule has 0 saturated carbocycles. The van der Waals surface area contributed by atoms with Gasteiger partial charge in [0, 0.05) is 11.8 Å². The Kier molecular flexibility index (Phi) is 7.13. The van der Waals surface area contributed by atoms with Gasteiger partial charge in [-0.3, -0.25) is 4.90 Å². The monoisotopic (exact) mass is 265 g/mol. The first kappa shape index (κ1) is 16.2. The summed E-state index contributed by atoms with van der Waals surface area (Å²) in [5.74, 6) is 0.495. The van der Waals surface area contributed by atoms with Crippen molar-refractivity contribution in [1.82, 2.24) is 4.90 Å². The van der Waals surface area contributed by atoms with Crippen LogP contribution in [0.2, 0.25) is 0 Å². The standard InChI is InChI=1S/C10H23N3O3S/c1-4-17(15,16)7-5-6-13(9(2)3)8-10(11)12-14/h9,14H,4-8H2,1-3H3,(H2,11,12). The highest BCUT2D eigenvalue weighted by atomic mass is 32.2. The van der Waals surface area contributed by atoms with E-state index >= 15 is 0 Å². The summed E-state index contributed by atoms with van der Waals surface area (Å²) in [5, 5.41) is 11.4. The predicted octanol–water partition coefficient (Wildman–Crippen LogP) is 0.268. The second-order valence-corrected chi connectivity index (χ2v) is 6.72. The van der Waals surface area contributed by atoms with E-state index in [1.807, 2.05) is 18.7 Å². The van der Waals surface area contributed by atoms with Gasteiger partial charge in [0.15, 0.2) is 5.84 Å². The summed E-state index contributed by atoms with van der Waals surface area (Å²) >= 11 is 0. The summed E-state index contributed by atoms with van der Waals surface area (Å²) in [6.45, 7) is 6.58. The molecule has 0 radical (unpaired) electrons. The van der Waals surface area contributed by atoms with Gasteiger partial charge < -0.3 is 10.9 Å². The third-order valence-electron chi connectivity index (χ3n) is 2.56. The Morgan fingerprint density at radius 2 is 2.06 bits per heavy atom. The van der Waals surface area contributed by atoms with E-state index < -0.39 is 9.84 Å². The van der Waals surface area contributed by atoms with Crippen molar-refractivity contribution < 1.29 is 13.6 Å². The Labute approximate surface area is 103 Å². The average Bonchev–Trinajstić information content (AvgIpc) is 2.27. The van der Waals surface area contributed by atoms with Crippen LogP contribution in [0.5, 0.6) is 0 Å². The molecule has 0 aromatic rings. The van der Waals surface area contributed by atoms with Crippen LogP contribution in [0, 0.1) is 0 Å². The van der Waals surface area contributed by atoms with Crippen LogP contribution in [0.25, 0.3) is 0 Å². The molecule has 0 fully saturated rings. The highest BCUT2D eigenvalue weighted by Gasteiger charge is 2.13. The van der Waals surface area contributed by atoms with Crippen LogP contribution in [0.15, 0.2) is 5.16 Å². The minimum absolute atomic E-state index is 0.136. The van der Waals surface area contributed by atoms with Gasteiger partial charge in [0.05, 0.1) is 12.3 Å². The van der Waals surface area contributed by atoms with Gasteiger partial charge in [0.2, 0.25) is 0 Å². The highest BCUT2D eigenvalue weighted by molar-refractivity contribution is 7.91. The SMILES string of the molecule is CCS(=O)(=O)CCCN(CC(N)=NO)C(C)C. The zero-order valence-electron chi connectivity index (χ0n) is 10.8. The molecule has 6 nitrogen and oxygen atoms in total. The highest BCUT2D eigenvalue weighted by Crippen LogP contribution is 2.02. The predicted molar refractivity (Wildman–Crippen MR) is 69.1 cm³/mol. The van der Waals surface area contributed by atoms with Gasteiger partial charge in [-0.05, 0) is 26.8 Å². The lowest BCUT2D eigenvalue weighted by Crippen LogP contribution is -2.39. The number of rotatable bonds is 8. The van der Waals surface area contributed by atoms with E-state index in [0.29, 0.717) is 19.5 Å². The molecule has 0 atom stereocenters. The molecule has 0 aromatic carbocycles. The summed E-state index contributed by atoms with van der Waals surface area (Å²) in [4.78, 5) is 1.97. The Bertz CT molecular complexity index is 339. The second-order valence-electron chi connectivity index (χ2n) is 4.25. The molecule has 0 bridgehead atoms. The Hall–Kier alpha value is -0.820. The van der Waals surface area contributed by atoms with Gasteiger partial charge in [0.25, 0.3) is 0 Å².